The lowest BCUT2D eigenvalue weighted by atomic mass is 10.1. The highest BCUT2D eigenvalue weighted by atomic mass is 15.0. The molecule has 1 aromatic rings. The van der Waals surface area contributed by atoms with Crippen molar-refractivity contribution in [3.63, 3.8) is 0 Å². The zero-order valence-corrected chi connectivity index (χ0v) is 11.7. The van der Waals surface area contributed by atoms with Crippen LogP contribution in [0, 0.1) is 6.92 Å². The number of aromatic nitrogens is 1. The number of hydrogen-bond acceptors (Lipinski definition) is 3. The number of nitrogens with zero attached hydrogens (tertiary/aromatic N) is 1. The quantitative estimate of drug-likeness (QED) is 0.770. The molecule has 1 rings (SSSR count). The summed E-state index contributed by atoms with van der Waals surface area (Å²) in [7, 11) is 0. The third-order valence-electron chi connectivity index (χ3n) is 2.44. The Morgan fingerprint density at radius 2 is 1.94 bits per heavy atom. The predicted octanol–water partition coefficient (Wildman–Crippen LogP) is 3.10. The summed E-state index contributed by atoms with van der Waals surface area (Å²) in [4.78, 5) is 4.59. The molecule has 0 aliphatic heterocycles. The second-order valence-electron chi connectivity index (χ2n) is 5.49. The van der Waals surface area contributed by atoms with Gasteiger partial charge in [-0.3, -0.25) is 0 Å². The van der Waals surface area contributed by atoms with Gasteiger partial charge in [-0.15, -0.1) is 0 Å². The van der Waals surface area contributed by atoms with Crippen molar-refractivity contribution >= 4 is 5.82 Å². The van der Waals surface area contributed by atoms with Crippen molar-refractivity contribution in [2.24, 2.45) is 0 Å². The van der Waals surface area contributed by atoms with E-state index in [1.54, 1.807) is 0 Å². The molecule has 0 saturated heterocycles. The van der Waals surface area contributed by atoms with E-state index in [1.165, 1.54) is 5.56 Å². The van der Waals surface area contributed by atoms with E-state index in [9.17, 15) is 0 Å². The topological polar surface area (TPSA) is 37.0 Å². The number of rotatable bonds is 5. The fraction of sp³-hybridized carbons (Fsp3) is 0.643. The van der Waals surface area contributed by atoms with Crippen LogP contribution in [0.3, 0.4) is 0 Å². The number of hydrogen-bond donors (Lipinski definition) is 2. The molecule has 1 heterocycles. The van der Waals surface area contributed by atoms with E-state index < -0.39 is 0 Å². The fourth-order valence-corrected chi connectivity index (χ4v) is 1.63. The van der Waals surface area contributed by atoms with E-state index >= 15 is 0 Å². The van der Waals surface area contributed by atoms with Crippen molar-refractivity contribution in [1.29, 1.82) is 0 Å². The van der Waals surface area contributed by atoms with Gasteiger partial charge in [0.25, 0.3) is 0 Å². The minimum Gasteiger partial charge on any atom is -0.365 e. The lowest BCUT2D eigenvalue weighted by molar-refractivity contribution is 0.629. The van der Waals surface area contributed by atoms with Crippen LogP contribution in [0.4, 0.5) is 5.82 Å². The summed E-state index contributed by atoms with van der Waals surface area (Å²) >= 11 is 0. The molecule has 17 heavy (non-hydrogen) atoms. The first-order valence-electron chi connectivity index (χ1n) is 6.38. The summed E-state index contributed by atoms with van der Waals surface area (Å²) in [6.07, 6.45) is 1.16. The van der Waals surface area contributed by atoms with Crippen LogP contribution in [-0.4, -0.2) is 17.1 Å². The van der Waals surface area contributed by atoms with Gasteiger partial charge in [-0.05, 0) is 52.3 Å². The summed E-state index contributed by atoms with van der Waals surface area (Å²) in [5.74, 6) is 0.953. The van der Waals surface area contributed by atoms with Crippen LogP contribution in [0.2, 0.25) is 0 Å². The standard InChI is InChI=1S/C14H25N3/c1-6-9-15-10-12-7-8-13(16-11(12)2)17-14(3,4)5/h7-8,15H,6,9-10H2,1-5H3,(H,16,17). The Balaban J connectivity index is 2.66. The molecule has 0 fully saturated rings. The Hall–Kier alpha value is -1.09. The minimum absolute atomic E-state index is 0.0570. The predicted molar refractivity (Wildman–Crippen MR) is 74.3 cm³/mol. The largest absolute Gasteiger partial charge is 0.365 e. The molecule has 0 aliphatic rings. The first-order valence-corrected chi connectivity index (χ1v) is 6.38. The summed E-state index contributed by atoms with van der Waals surface area (Å²) in [6.45, 7) is 12.6. The van der Waals surface area contributed by atoms with Crippen LogP contribution in [0.15, 0.2) is 12.1 Å². The maximum atomic E-state index is 4.59. The van der Waals surface area contributed by atoms with Crippen molar-refractivity contribution < 1.29 is 0 Å². The van der Waals surface area contributed by atoms with Crippen LogP contribution in [0.5, 0.6) is 0 Å². The molecule has 3 nitrogen and oxygen atoms in total. The molecule has 0 amide bonds. The van der Waals surface area contributed by atoms with Crippen LogP contribution >= 0.6 is 0 Å². The van der Waals surface area contributed by atoms with Crippen molar-refractivity contribution in [2.45, 2.75) is 53.1 Å². The zero-order valence-electron chi connectivity index (χ0n) is 11.7. The van der Waals surface area contributed by atoms with Crippen LogP contribution in [-0.2, 0) is 6.54 Å². The van der Waals surface area contributed by atoms with Crippen molar-refractivity contribution in [3.05, 3.63) is 23.4 Å². The van der Waals surface area contributed by atoms with Crippen LogP contribution in [0.1, 0.15) is 45.4 Å². The van der Waals surface area contributed by atoms with E-state index in [-0.39, 0.29) is 5.54 Å². The van der Waals surface area contributed by atoms with Gasteiger partial charge >= 0.3 is 0 Å². The summed E-state index contributed by atoms with van der Waals surface area (Å²) in [5, 5.41) is 6.78. The van der Waals surface area contributed by atoms with Gasteiger partial charge in [0.2, 0.25) is 0 Å². The maximum Gasteiger partial charge on any atom is 0.126 e. The van der Waals surface area contributed by atoms with Gasteiger partial charge < -0.3 is 10.6 Å². The van der Waals surface area contributed by atoms with Gasteiger partial charge in [0.1, 0.15) is 5.82 Å². The van der Waals surface area contributed by atoms with E-state index in [2.05, 4.69) is 62.4 Å². The number of pyridine rings is 1. The molecule has 1 aromatic heterocycles. The van der Waals surface area contributed by atoms with Crippen LogP contribution in [0.25, 0.3) is 0 Å². The molecule has 0 radical (unpaired) electrons. The number of nitrogens with one attached hydrogen (secondary N) is 2. The third-order valence-corrected chi connectivity index (χ3v) is 2.44. The lowest BCUT2D eigenvalue weighted by Gasteiger charge is -2.22. The van der Waals surface area contributed by atoms with Gasteiger partial charge in [0.15, 0.2) is 0 Å². The maximum absolute atomic E-state index is 4.59. The smallest absolute Gasteiger partial charge is 0.126 e. The highest BCUT2D eigenvalue weighted by molar-refractivity contribution is 5.40. The molecule has 0 bridgehead atoms. The molecule has 0 saturated carbocycles. The Morgan fingerprint density at radius 3 is 2.47 bits per heavy atom. The second-order valence-corrected chi connectivity index (χ2v) is 5.49. The van der Waals surface area contributed by atoms with E-state index in [0.717, 1.165) is 31.0 Å². The monoisotopic (exact) mass is 235 g/mol. The van der Waals surface area contributed by atoms with Gasteiger partial charge in [-0.25, -0.2) is 4.98 Å². The first kappa shape index (κ1) is 14.0. The second kappa shape index (κ2) is 6.01. The molecule has 3 heteroatoms. The average Bonchev–Trinajstić information content (AvgIpc) is 2.19. The van der Waals surface area contributed by atoms with Gasteiger partial charge in [-0.1, -0.05) is 13.0 Å². The van der Waals surface area contributed by atoms with E-state index in [4.69, 9.17) is 0 Å². The van der Waals surface area contributed by atoms with E-state index in [0.29, 0.717) is 0 Å². The van der Waals surface area contributed by atoms with Gasteiger partial charge in [-0.2, -0.15) is 0 Å². The minimum atomic E-state index is 0.0570. The molecule has 0 aliphatic carbocycles. The molecule has 0 unspecified atom stereocenters. The van der Waals surface area contributed by atoms with Crippen molar-refractivity contribution in [3.8, 4) is 0 Å². The van der Waals surface area contributed by atoms with Crippen molar-refractivity contribution in [1.82, 2.24) is 10.3 Å². The van der Waals surface area contributed by atoms with Gasteiger partial charge in [0, 0.05) is 17.8 Å². The normalized spacial score (nSPS) is 11.6. The Morgan fingerprint density at radius 1 is 1.24 bits per heavy atom. The highest BCUT2D eigenvalue weighted by Crippen LogP contribution is 2.15. The Labute approximate surface area is 105 Å². The Kier molecular flexibility index (Phi) is 4.94. The molecule has 0 spiro atoms. The molecular weight excluding hydrogens is 210 g/mol. The van der Waals surface area contributed by atoms with Gasteiger partial charge in [0.05, 0.1) is 0 Å². The van der Waals surface area contributed by atoms with E-state index in [1.807, 2.05) is 0 Å². The SMILES string of the molecule is CCCNCc1ccc(NC(C)(C)C)nc1C. The molecular formula is C14H25N3. The molecule has 0 atom stereocenters. The summed E-state index contributed by atoms with van der Waals surface area (Å²) < 4.78 is 0. The highest BCUT2D eigenvalue weighted by Gasteiger charge is 2.10. The zero-order chi connectivity index (χ0) is 12.9. The molecule has 0 aromatic carbocycles. The molecule has 2 N–H and O–H groups in total. The third kappa shape index (κ3) is 5.18. The average molecular weight is 235 g/mol. The fourth-order valence-electron chi connectivity index (χ4n) is 1.63. The molecule has 96 valence electrons. The number of anilines is 1. The summed E-state index contributed by atoms with van der Waals surface area (Å²) in [5.41, 5.74) is 2.43. The number of aryl methyl sites for hydroxylation is 1. The Bertz CT molecular complexity index is 353. The summed E-state index contributed by atoms with van der Waals surface area (Å²) in [6, 6.07) is 4.21. The first-order chi connectivity index (χ1) is 7.92. The van der Waals surface area contributed by atoms with Crippen molar-refractivity contribution in [2.75, 3.05) is 11.9 Å². The lowest BCUT2D eigenvalue weighted by Crippen LogP contribution is -2.27. The van der Waals surface area contributed by atoms with Crippen LogP contribution < -0.4 is 10.6 Å².